The number of nitrogens with one attached hydrogen (secondary N) is 1. The highest BCUT2D eigenvalue weighted by molar-refractivity contribution is 6.12. The van der Waals surface area contributed by atoms with Gasteiger partial charge in [-0.15, -0.1) is 0 Å². The summed E-state index contributed by atoms with van der Waals surface area (Å²) in [5.74, 6) is 1.32. The minimum absolute atomic E-state index is 0.0236. The maximum Gasteiger partial charge on any atom is 0.220 e. The summed E-state index contributed by atoms with van der Waals surface area (Å²) in [5.41, 5.74) is 2.45. The highest BCUT2D eigenvalue weighted by atomic mass is 17.2. The number of anilines is 1. The second-order valence-corrected chi connectivity index (χ2v) is 13.6. The average Bonchev–Trinajstić information content (AvgIpc) is 3.80. The Morgan fingerprint density at radius 1 is 1.12 bits per heavy atom. The number of nitrogens with zero attached hydrogens (tertiary/aromatic N) is 2. The van der Waals surface area contributed by atoms with Gasteiger partial charge in [0.1, 0.15) is 54.2 Å². The number of amides is 1. The lowest BCUT2D eigenvalue weighted by molar-refractivity contribution is -0.364. The second kappa shape index (κ2) is 13.0. The molecule has 1 aliphatic carbocycles. The molecular formula is C34H41N3O11. The van der Waals surface area contributed by atoms with Crippen molar-refractivity contribution in [2.75, 3.05) is 31.2 Å². The largest absolute Gasteiger partial charge is 0.482 e. The van der Waals surface area contributed by atoms with Crippen molar-refractivity contribution in [3.63, 3.8) is 0 Å². The van der Waals surface area contributed by atoms with Gasteiger partial charge in [-0.05, 0) is 56.6 Å². The fourth-order valence-corrected chi connectivity index (χ4v) is 7.79. The number of aryl methyl sites for hydroxylation is 1. The van der Waals surface area contributed by atoms with Crippen molar-refractivity contribution in [3.05, 3.63) is 57.7 Å². The van der Waals surface area contributed by atoms with Gasteiger partial charge >= 0.3 is 0 Å². The monoisotopic (exact) mass is 667 g/mol. The molecule has 48 heavy (non-hydrogen) atoms. The van der Waals surface area contributed by atoms with E-state index in [2.05, 4.69) is 10.3 Å². The number of rotatable bonds is 10. The van der Waals surface area contributed by atoms with E-state index in [0.717, 1.165) is 24.1 Å². The van der Waals surface area contributed by atoms with Crippen LogP contribution in [0, 0.1) is 18.8 Å². The first-order valence-electron chi connectivity index (χ1n) is 16.5. The van der Waals surface area contributed by atoms with Crippen LogP contribution in [0.25, 0.3) is 11.0 Å². The lowest BCUT2D eigenvalue weighted by Gasteiger charge is -2.49. The van der Waals surface area contributed by atoms with Gasteiger partial charge in [0.15, 0.2) is 16.8 Å². The summed E-state index contributed by atoms with van der Waals surface area (Å²) in [6.45, 7) is 1.42. The molecule has 258 valence electrons. The number of ether oxygens (including phenoxy) is 1. The zero-order valence-electron chi connectivity index (χ0n) is 26.6. The van der Waals surface area contributed by atoms with Crippen molar-refractivity contribution in [2.24, 2.45) is 16.8 Å². The fourth-order valence-electron chi connectivity index (χ4n) is 7.79. The number of aliphatic imine (C=N–C) groups is 1. The van der Waals surface area contributed by atoms with Crippen LogP contribution >= 0.6 is 0 Å². The quantitative estimate of drug-likeness (QED) is 0.152. The number of allylic oxidation sites excluding steroid dienone is 1. The molecule has 1 aromatic carbocycles. The number of aliphatic hydroxyl groups excluding tert-OH is 5. The molecular weight excluding hydrogens is 626 g/mol. The Labute approximate surface area is 275 Å². The molecule has 1 saturated carbocycles. The molecule has 7 rings (SSSR count). The summed E-state index contributed by atoms with van der Waals surface area (Å²) in [4.78, 5) is 43.5. The summed E-state index contributed by atoms with van der Waals surface area (Å²) in [5, 5.41) is 52.9. The van der Waals surface area contributed by atoms with Gasteiger partial charge in [0.05, 0.1) is 24.2 Å². The lowest BCUT2D eigenvalue weighted by Crippen LogP contribution is -2.56. The Morgan fingerprint density at radius 3 is 2.69 bits per heavy atom. The Morgan fingerprint density at radius 2 is 1.94 bits per heavy atom. The van der Waals surface area contributed by atoms with Crippen LogP contribution in [0.3, 0.4) is 0 Å². The fraction of sp³-hybridized carbons (Fsp3) is 0.559. The van der Waals surface area contributed by atoms with Gasteiger partial charge < -0.3 is 44.9 Å². The number of hydrogen-bond acceptors (Lipinski definition) is 13. The van der Waals surface area contributed by atoms with Gasteiger partial charge in [-0.25, -0.2) is 9.78 Å². The highest BCUT2D eigenvalue weighted by Crippen LogP contribution is 2.52. The van der Waals surface area contributed by atoms with Crippen LogP contribution in [0.1, 0.15) is 43.4 Å². The minimum Gasteiger partial charge on any atom is -0.482 e. The van der Waals surface area contributed by atoms with E-state index in [1.165, 1.54) is 6.07 Å². The van der Waals surface area contributed by atoms with Gasteiger partial charge in [0.2, 0.25) is 5.91 Å². The second-order valence-electron chi connectivity index (χ2n) is 13.6. The molecule has 2 fully saturated rings. The molecule has 1 saturated heterocycles. The number of benzene rings is 1. The zero-order valence-corrected chi connectivity index (χ0v) is 26.6. The Bertz CT molecular complexity index is 1740. The molecule has 1 amide bonds. The number of carbonyl (C=O) groups excluding carboxylic acids is 1. The van der Waals surface area contributed by atoms with E-state index >= 15 is 0 Å². The minimum atomic E-state index is -1.82. The molecule has 1 spiro atoms. The highest BCUT2D eigenvalue weighted by Gasteiger charge is 2.52. The predicted molar refractivity (Wildman–Crippen MR) is 171 cm³/mol. The first-order chi connectivity index (χ1) is 23.1. The summed E-state index contributed by atoms with van der Waals surface area (Å²) < 4.78 is 13.4. The molecule has 0 unspecified atom stereocenters. The third-order valence-electron chi connectivity index (χ3n) is 10.4. The van der Waals surface area contributed by atoms with Crippen LogP contribution in [-0.4, -0.2) is 99.6 Å². The van der Waals surface area contributed by atoms with E-state index in [1.807, 2.05) is 17.2 Å². The summed E-state index contributed by atoms with van der Waals surface area (Å²) in [6.07, 6.45) is 1.57. The van der Waals surface area contributed by atoms with Crippen molar-refractivity contribution in [2.45, 2.75) is 81.6 Å². The first-order valence-corrected chi connectivity index (χ1v) is 16.5. The van der Waals surface area contributed by atoms with Gasteiger partial charge in [-0.3, -0.25) is 14.6 Å². The third kappa shape index (κ3) is 5.95. The van der Waals surface area contributed by atoms with Crippen molar-refractivity contribution < 1.29 is 49.3 Å². The van der Waals surface area contributed by atoms with E-state index in [9.17, 15) is 30.0 Å². The van der Waals surface area contributed by atoms with Gasteiger partial charge in [-0.1, -0.05) is 0 Å². The van der Waals surface area contributed by atoms with Crippen LogP contribution < -0.4 is 20.4 Å². The SMILES string of the molecule is Cc1cc(=O)c2cc3c(c(N4C=C5C=CN=C5C4)c2o1)O[C@]1(CCC[C@H]([C@H]2CNC(=O)C2)C1)[C@H](OOC[C@H](O)[C@@H](O)[C@H](O)[C@H](O)CO)C3. The van der Waals surface area contributed by atoms with E-state index in [4.69, 9.17) is 24.0 Å². The summed E-state index contributed by atoms with van der Waals surface area (Å²) >= 11 is 0. The number of carbonyl (C=O) groups is 1. The topological polar surface area (TPSA) is 204 Å². The molecule has 8 atom stereocenters. The van der Waals surface area contributed by atoms with Crippen molar-refractivity contribution >= 4 is 28.3 Å². The number of fused-ring (bicyclic) bond motifs is 3. The van der Waals surface area contributed by atoms with E-state index < -0.39 is 49.3 Å². The van der Waals surface area contributed by atoms with E-state index in [-0.39, 0.29) is 29.6 Å². The van der Waals surface area contributed by atoms with Gasteiger partial charge in [0, 0.05) is 49.0 Å². The van der Waals surface area contributed by atoms with E-state index in [1.54, 1.807) is 19.2 Å². The summed E-state index contributed by atoms with van der Waals surface area (Å²) in [6, 6.07) is 3.21. The maximum atomic E-state index is 13.3. The molecule has 1 aromatic heterocycles. The lowest BCUT2D eigenvalue weighted by atomic mass is 9.68. The molecule has 6 N–H and O–H groups in total. The molecule has 4 aliphatic heterocycles. The van der Waals surface area contributed by atoms with Crippen LogP contribution in [0.4, 0.5) is 5.69 Å². The Hall–Kier alpha value is -3.63. The normalized spacial score (nSPS) is 28.8. The summed E-state index contributed by atoms with van der Waals surface area (Å²) in [7, 11) is 0. The molecule has 14 nitrogen and oxygen atoms in total. The molecule has 0 radical (unpaired) electrons. The smallest absolute Gasteiger partial charge is 0.220 e. The maximum absolute atomic E-state index is 13.3. The molecule has 5 heterocycles. The van der Waals surface area contributed by atoms with Gasteiger partial charge in [0.25, 0.3) is 0 Å². The number of aliphatic hydroxyl groups is 5. The third-order valence-corrected chi connectivity index (χ3v) is 10.4. The van der Waals surface area contributed by atoms with Crippen LogP contribution in [0.15, 0.2) is 50.4 Å². The standard InChI is InChI=1S/C34H41N3O11/c1-17-7-24(39)22-8-20-9-27(48-45-16-26(41)31(44)30(43)25(40)15-38)34(5-2-3-18(11-34)21-10-28(42)36-12-21)47-32(20)29(33(22)46-17)37-13-19-4-6-35-23(19)14-37/h4,6-8,13,18,21,25-27,30-31,38,40-41,43-44H,2-3,5,9-12,14-16H2,1H3,(H,36,42)/t18-,21+,25+,26-,27+,30+,31+,34-/m0/s1. The Balaban J connectivity index is 1.25. The van der Waals surface area contributed by atoms with Crippen molar-refractivity contribution in [1.29, 1.82) is 0 Å². The Kier molecular flexibility index (Phi) is 8.91. The van der Waals surface area contributed by atoms with Gasteiger partial charge in [-0.2, -0.15) is 0 Å². The van der Waals surface area contributed by atoms with Crippen molar-refractivity contribution in [1.82, 2.24) is 5.32 Å². The predicted octanol–water partition coefficient (Wildman–Crippen LogP) is 0.526. The molecule has 14 heteroatoms. The average molecular weight is 668 g/mol. The van der Waals surface area contributed by atoms with E-state index in [0.29, 0.717) is 66.1 Å². The van der Waals surface area contributed by atoms with Crippen LogP contribution in [0.5, 0.6) is 5.75 Å². The molecule has 0 bridgehead atoms. The molecule has 5 aliphatic rings. The van der Waals surface area contributed by atoms with Crippen LogP contribution in [0.2, 0.25) is 0 Å². The molecule has 2 aromatic rings. The first kappa shape index (κ1) is 32.9. The van der Waals surface area contributed by atoms with Crippen molar-refractivity contribution in [3.8, 4) is 5.75 Å². The number of hydrogen-bond donors (Lipinski definition) is 6. The zero-order chi connectivity index (χ0) is 33.7. The van der Waals surface area contributed by atoms with Crippen LogP contribution in [-0.2, 0) is 21.0 Å².